The van der Waals surface area contributed by atoms with Crippen LogP contribution in [-0.4, -0.2) is 37.4 Å². The lowest BCUT2D eigenvalue weighted by molar-refractivity contribution is -0.126. The van der Waals surface area contributed by atoms with Crippen LogP contribution in [0.5, 0.6) is 17.2 Å². The molecular weight excluding hydrogens is 350 g/mol. The lowest BCUT2D eigenvalue weighted by Gasteiger charge is -2.58. The molecule has 2 aliphatic carbocycles. The van der Waals surface area contributed by atoms with Gasteiger partial charge in [-0.15, -0.1) is 0 Å². The molecule has 2 aromatic carbocycles. The molecule has 2 bridgehead atoms. The van der Waals surface area contributed by atoms with E-state index in [-0.39, 0.29) is 5.41 Å². The molecule has 2 aromatic rings. The first-order valence-corrected chi connectivity index (χ1v) is 10.3. The third-order valence-corrected chi connectivity index (χ3v) is 7.22. The highest BCUT2D eigenvalue weighted by atomic mass is 16.5. The molecule has 1 aliphatic heterocycles. The number of fused-ring (bicyclic) bond motifs is 1. The Hall–Kier alpha value is -2.33. The Kier molecular flexibility index (Phi) is 4.20. The summed E-state index contributed by atoms with van der Waals surface area (Å²) in [6.07, 6.45) is 4.34. The molecule has 28 heavy (non-hydrogen) atoms. The zero-order valence-corrected chi connectivity index (χ0v) is 16.6. The van der Waals surface area contributed by atoms with Crippen LogP contribution in [0.2, 0.25) is 0 Å². The van der Waals surface area contributed by atoms with Gasteiger partial charge >= 0.3 is 0 Å². The minimum Gasteiger partial charge on any atom is -0.493 e. The number of likely N-dealkylation sites (N-methyl/N-ethyl adjacent to an activating group) is 1. The van der Waals surface area contributed by atoms with E-state index in [9.17, 15) is 4.79 Å². The van der Waals surface area contributed by atoms with Crippen molar-refractivity contribution in [1.82, 2.24) is 4.90 Å². The summed E-state index contributed by atoms with van der Waals surface area (Å²) < 4.78 is 12.2. The molecule has 5 rings (SSSR count). The maximum absolute atomic E-state index is 12.6. The first-order chi connectivity index (χ1) is 13.6. The van der Waals surface area contributed by atoms with Crippen molar-refractivity contribution in [2.75, 3.05) is 20.7 Å². The van der Waals surface area contributed by atoms with Gasteiger partial charge in [0.05, 0.1) is 7.11 Å². The molecule has 0 amide bonds. The Morgan fingerprint density at radius 1 is 1.14 bits per heavy atom. The molecule has 0 radical (unpaired) electrons. The summed E-state index contributed by atoms with van der Waals surface area (Å²) in [4.78, 5) is 15.1. The van der Waals surface area contributed by atoms with Crippen LogP contribution in [-0.2, 0) is 16.6 Å². The van der Waals surface area contributed by atoms with Gasteiger partial charge in [-0.2, -0.15) is 0 Å². The summed E-state index contributed by atoms with van der Waals surface area (Å²) in [5.74, 6) is 3.27. The van der Waals surface area contributed by atoms with Gasteiger partial charge in [0.1, 0.15) is 11.5 Å². The Labute approximate surface area is 166 Å². The van der Waals surface area contributed by atoms with Gasteiger partial charge in [0.15, 0.2) is 11.5 Å². The van der Waals surface area contributed by atoms with Gasteiger partial charge < -0.3 is 14.4 Å². The molecule has 4 nitrogen and oxygen atoms in total. The molecule has 3 atom stereocenters. The number of ether oxygens (including phenoxy) is 2. The van der Waals surface area contributed by atoms with Crippen LogP contribution in [0.1, 0.15) is 36.8 Å². The predicted octanol–water partition coefficient (Wildman–Crippen LogP) is 4.35. The molecule has 0 aromatic heterocycles. The zero-order chi connectivity index (χ0) is 19.3. The van der Waals surface area contributed by atoms with Gasteiger partial charge in [-0.3, -0.25) is 4.79 Å². The topological polar surface area (TPSA) is 38.8 Å². The normalized spacial score (nSPS) is 29.0. The lowest BCUT2D eigenvalue weighted by Crippen LogP contribution is -2.61. The van der Waals surface area contributed by atoms with Gasteiger partial charge in [0, 0.05) is 29.9 Å². The van der Waals surface area contributed by atoms with E-state index in [2.05, 4.69) is 18.0 Å². The second-order valence-corrected chi connectivity index (χ2v) is 8.57. The first kappa shape index (κ1) is 17.7. The van der Waals surface area contributed by atoms with Crippen molar-refractivity contribution in [3.63, 3.8) is 0 Å². The van der Waals surface area contributed by atoms with E-state index in [4.69, 9.17) is 9.47 Å². The number of piperidine rings is 1. The average molecular weight is 377 g/mol. The second kappa shape index (κ2) is 6.63. The standard InChI is InChI=1S/C24H27NO3/c1-25-13-12-24-15-17(26)9-10-19(24)20(25)14-16-8-11-21(27-2)23(22(16)24)28-18-6-4-3-5-7-18/h3-8,11,19-20H,9-10,12-15H2,1-2H3/t19-,20+,24-/m0/s1. The molecule has 0 spiro atoms. The smallest absolute Gasteiger partial charge is 0.173 e. The molecule has 1 saturated carbocycles. The Morgan fingerprint density at radius 3 is 2.75 bits per heavy atom. The van der Waals surface area contributed by atoms with Crippen molar-refractivity contribution in [3.05, 3.63) is 53.6 Å². The molecular formula is C24H27NO3. The van der Waals surface area contributed by atoms with Gasteiger partial charge in [0.25, 0.3) is 0 Å². The maximum atomic E-state index is 12.6. The number of carbonyl (C=O) groups excluding carboxylic acids is 1. The fourth-order valence-electron chi connectivity index (χ4n) is 5.96. The number of hydrogen-bond acceptors (Lipinski definition) is 4. The van der Waals surface area contributed by atoms with E-state index in [1.54, 1.807) is 7.11 Å². The van der Waals surface area contributed by atoms with Crippen LogP contribution in [0.4, 0.5) is 0 Å². The molecule has 1 saturated heterocycles. The Bertz CT molecular complexity index is 910. The number of hydrogen-bond donors (Lipinski definition) is 0. The summed E-state index contributed by atoms with van der Waals surface area (Å²) in [5, 5.41) is 0. The summed E-state index contributed by atoms with van der Waals surface area (Å²) in [6, 6.07) is 14.6. The van der Waals surface area contributed by atoms with Crippen molar-refractivity contribution in [3.8, 4) is 17.2 Å². The van der Waals surface area contributed by atoms with Crippen LogP contribution in [0.3, 0.4) is 0 Å². The number of ketones is 1. The number of methoxy groups -OCH3 is 1. The molecule has 3 aliphatic rings. The lowest BCUT2D eigenvalue weighted by atomic mass is 9.52. The van der Waals surface area contributed by atoms with Crippen molar-refractivity contribution in [2.24, 2.45) is 5.92 Å². The molecule has 4 heteroatoms. The number of Topliss-reactive ketones (excluding diaryl/α,β-unsaturated/α-hetero) is 1. The van der Waals surface area contributed by atoms with E-state index in [0.717, 1.165) is 43.1 Å². The van der Waals surface area contributed by atoms with Crippen molar-refractivity contribution < 1.29 is 14.3 Å². The fourth-order valence-corrected chi connectivity index (χ4v) is 5.96. The molecule has 0 unspecified atom stereocenters. The number of likely N-dealkylation sites (tertiary alicyclic amines) is 1. The number of carbonyl (C=O) groups is 1. The number of benzene rings is 2. The third kappa shape index (κ3) is 2.58. The van der Waals surface area contributed by atoms with Crippen LogP contribution in [0, 0.1) is 5.92 Å². The van der Waals surface area contributed by atoms with E-state index < -0.39 is 0 Å². The maximum Gasteiger partial charge on any atom is 0.173 e. The number of rotatable bonds is 3. The quantitative estimate of drug-likeness (QED) is 0.797. The monoisotopic (exact) mass is 377 g/mol. The molecule has 0 N–H and O–H groups in total. The predicted molar refractivity (Wildman–Crippen MR) is 108 cm³/mol. The van der Waals surface area contributed by atoms with Crippen LogP contribution >= 0.6 is 0 Å². The van der Waals surface area contributed by atoms with E-state index in [1.807, 2.05) is 36.4 Å². The minimum absolute atomic E-state index is 0.126. The summed E-state index contributed by atoms with van der Waals surface area (Å²) >= 11 is 0. The highest BCUT2D eigenvalue weighted by Gasteiger charge is 2.56. The van der Waals surface area contributed by atoms with E-state index in [1.165, 1.54) is 11.1 Å². The zero-order valence-electron chi connectivity index (χ0n) is 16.6. The largest absolute Gasteiger partial charge is 0.493 e. The molecule has 2 fully saturated rings. The first-order valence-electron chi connectivity index (χ1n) is 10.3. The van der Waals surface area contributed by atoms with Crippen LogP contribution in [0.25, 0.3) is 0 Å². The van der Waals surface area contributed by atoms with Gasteiger partial charge in [0.2, 0.25) is 0 Å². The summed E-state index contributed by atoms with van der Waals surface area (Å²) in [6.45, 7) is 1.02. The van der Waals surface area contributed by atoms with E-state index in [0.29, 0.717) is 30.6 Å². The van der Waals surface area contributed by atoms with Crippen molar-refractivity contribution >= 4 is 5.78 Å². The van der Waals surface area contributed by atoms with Gasteiger partial charge in [-0.25, -0.2) is 0 Å². The third-order valence-electron chi connectivity index (χ3n) is 7.22. The number of nitrogens with zero attached hydrogens (tertiary/aromatic N) is 1. The van der Waals surface area contributed by atoms with Gasteiger partial charge in [-0.05, 0) is 62.5 Å². The minimum atomic E-state index is -0.126. The Balaban J connectivity index is 1.72. The van der Waals surface area contributed by atoms with Gasteiger partial charge in [-0.1, -0.05) is 24.3 Å². The van der Waals surface area contributed by atoms with Crippen molar-refractivity contribution in [1.29, 1.82) is 0 Å². The van der Waals surface area contributed by atoms with Crippen LogP contribution < -0.4 is 9.47 Å². The Morgan fingerprint density at radius 2 is 1.96 bits per heavy atom. The second-order valence-electron chi connectivity index (χ2n) is 8.57. The highest BCUT2D eigenvalue weighted by Crippen LogP contribution is 2.59. The average Bonchev–Trinajstić information content (AvgIpc) is 2.71. The highest BCUT2D eigenvalue weighted by molar-refractivity contribution is 5.82. The summed E-state index contributed by atoms with van der Waals surface area (Å²) in [7, 11) is 3.93. The fraction of sp³-hybridized carbons (Fsp3) is 0.458. The molecule has 146 valence electrons. The number of para-hydroxylation sites is 1. The SMILES string of the molecule is COc1ccc2c(c1Oc1ccccc1)[C@]13CCN(C)[C@H](C2)[C@@H]1CCC(=O)C3. The molecule has 1 heterocycles. The van der Waals surface area contributed by atoms with Crippen molar-refractivity contribution in [2.45, 2.75) is 43.6 Å². The van der Waals surface area contributed by atoms with E-state index >= 15 is 0 Å². The summed E-state index contributed by atoms with van der Waals surface area (Å²) in [5.41, 5.74) is 2.42. The van der Waals surface area contributed by atoms with Crippen LogP contribution in [0.15, 0.2) is 42.5 Å².